The zero-order chi connectivity index (χ0) is 67.2. The van der Waals surface area contributed by atoms with E-state index in [-0.39, 0.29) is 54.3 Å². The third-order valence-electron chi connectivity index (χ3n) is 11.8. The Balaban J connectivity index is 0.0000126. The quantitative estimate of drug-likeness (QED) is 0.175. The van der Waals surface area contributed by atoms with E-state index in [0.29, 0.717) is 44.6 Å². The van der Waals surface area contributed by atoms with Crippen LogP contribution in [0.1, 0.15) is 195 Å². The summed E-state index contributed by atoms with van der Waals surface area (Å²) in [5, 5.41) is 13.3. The molecule has 0 unspecified atom stereocenters. The zero-order valence-corrected chi connectivity index (χ0v) is 42.0. The summed E-state index contributed by atoms with van der Waals surface area (Å²) in [5.74, 6) is -2.41. The third-order valence-corrected chi connectivity index (χ3v) is 11.8. The first-order chi connectivity index (χ1) is 39.4. The van der Waals surface area contributed by atoms with Gasteiger partial charge in [0.15, 0.2) is 0 Å². The Labute approximate surface area is 444 Å². The Kier molecular flexibility index (Phi) is 7.34. The summed E-state index contributed by atoms with van der Waals surface area (Å²) in [6.45, 7) is -5.40. The number of hydrogen-bond acceptors (Lipinski definition) is 3. The van der Waals surface area contributed by atoms with Gasteiger partial charge in [-0.15, -0.1) is 29.3 Å². The molecular weight excluding hydrogens is 986 g/mol. The molecule has 5 heteroatoms. The molecule has 7 aromatic rings. The molecule has 350 valence electrons. The molecule has 0 saturated carbocycles. The Hall–Kier alpha value is -4.79. The van der Waals surface area contributed by atoms with Gasteiger partial charge in [0.2, 0.25) is 0 Å². The van der Waals surface area contributed by atoms with Gasteiger partial charge in [-0.2, -0.15) is 0 Å². The van der Waals surface area contributed by atoms with Gasteiger partial charge in [0.05, 0.1) is 25.0 Å². The molecule has 1 N–H and O–H groups in total. The fraction of sp³-hybridized carbons (Fsp3) is 0.410. The standard InChI is InChI=1S/C61H74N3O.Pt/c1-37-36-62-50(35-45(37)38-26-28-41(29-27-38)56(2,3)4)40-30-39(31-42(32-40)57(5,6)7)44-22-20-25-51-52(44)63-55(46-33-43(58(8,9)10)34-49(54(46)65)61(17,18)19)64(51)53-47(59(11,12)13)23-21-24-48(53)60(14,15)16;/h20-29,31-36,65H,1-19H3;/q-1;/i1D3,8D3,9D3,10D3,17D3,18D3,19D3,33D,34D;. The predicted octanol–water partition coefficient (Wildman–Crippen LogP) is 16.7. The molecule has 4 nitrogen and oxygen atoms in total. The Morgan fingerprint density at radius 2 is 1.17 bits per heavy atom. The number of pyridine rings is 1. The number of hydrogen-bond donors (Lipinski definition) is 1. The largest absolute Gasteiger partial charge is 0.507 e. The van der Waals surface area contributed by atoms with Gasteiger partial charge < -0.3 is 5.11 Å². The zero-order valence-electron chi connectivity index (χ0n) is 62.7. The maximum Gasteiger partial charge on any atom is 0.148 e. The van der Waals surface area contributed by atoms with E-state index < -0.39 is 115 Å². The van der Waals surface area contributed by atoms with E-state index in [1.807, 2.05) is 98.7 Å². The molecule has 0 aliphatic carbocycles. The van der Waals surface area contributed by atoms with Gasteiger partial charge in [0.25, 0.3) is 0 Å². The van der Waals surface area contributed by atoms with Crippen LogP contribution in [-0.4, -0.2) is 19.6 Å². The van der Waals surface area contributed by atoms with Gasteiger partial charge in [0.1, 0.15) is 11.6 Å². The van der Waals surface area contributed by atoms with E-state index in [0.717, 1.165) is 5.56 Å². The van der Waals surface area contributed by atoms with E-state index in [9.17, 15) is 7.85 Å². The summed E-state index contributed by atoms with van der Waals surface area (Å²) >= 11 is 0. The van der Waals surface area contributed by atoms with Crippen LogP contribution in [0.4, 0.5) is 0 Å². The Morgan fingerprint density at radius 3 is 1.73 bits per heavy atom. The monoisotopic (exact) mass is 1080 g/mol. The van der Waals surface area contributed by atoms with Crippen LogP contribution in [0, 0.1) is 12.9 Å². The van der Waals surface area contributed by atoms with Crippen molar-refractivity contribution in [2.75, 3.05) is 0 Å². The van der Waals surface area contributed by atoms with Crippen molar-refractivity contribution in [3.63, 3.8) is 0 Å². The van der Waals surface area contributed by atoms with Gasteiger partial charge >= 0.3 is 0 Å². The first-order valence-corrected chi connectivity index (χ1v) is 21.7. The van der Waals surface area contributed by atoms with Crippen LogP contribution in [0.5, 0.6) is 5.75 Å². The number of aromatic nitrogens is 3. The molecule has 0 fully saturated rings. The smallest absolute Gasteiger partial charge is 0.148 e. The molecule has 5 aromatic carbocycles. The van der Waals surface area contributed by atoms with Gasteiger partial charge in [-0.3, -0.25) is 9.55 Å². The summed E-state index contributed by atoms with van der Waals surface area (Å²) in [5.41, 5.74) is -10.9. The molecule has 0 radical (unpaired) electrons. The average Bonchev–Trinajstić information content (AvgIpc) is 1.15. The fourth-order valence-electron chi connectivity index (χ4n) is 8.13. The van der Waals surface area contributed by atoms with Crippen molar-refractivity contribution in [2.45, 2.75) is 164 Å². The number of fused-ring (bicyclic) bond motifs is 1. The molecule has 7 rings (SSSR count). The molecule has 0 saturated heterocycles. The maximum atomic E-state index is 13.3. The van der Waals surface area contributed by atoms with Crippen molar-refractivity contribution >= 4 is 11.0 Å². The molecule has 0 spiro atoms. The SMILES string of the molecule is [2H]c1c(-c2nc3c(-c4[c-]c(-c5cc(-c6ccc(C(C)(C)C)cc6)c(C([2H])([2H])[2H])cn5)cc(C(C)(C)C)c4)cccc3n2-c2c(C(C)(C)C)cccc2C(C)(C)C)c(O)c(C(C([2H])([2H])[2H])(C([2H])([2H])[2H])C([2H])([2H])[2H])c([2H])c1C(C([2H])([2H])[2H])(C([2H])([2H])[2H])C([2H])([2H])[2H].[Pt]. The van der Waals surface area contributed by atoms with Gasteiger partial charge in [-0.25, -0.2) is 4.98 Å². The number of phenols is 1. The Morgan fingerprint density at radius 1 is 0.576 bits per heavy atom. The van der Waals surface area contributed by atoms with Crippen molar-refractivity contribution in [1.82, 2.24) is 14.5 Å². The predicted molar refractivity (Wildman–Crippen MR) is 278 cm³/mol. The summed E-state index contributed by atoms with van der Waals surface area (Å²) < 4.78 is 206. The van der Waals surface area contributed by atoms with Crippen LogP contribution in [0.15, 0.2) is 97.1 Å². The van der Waals surface area contributed by atoms with Crippen molar-refractivity contribution in [3.8, 4) is 56.3 Å². The summed E-state index contributed by atoms with van der Waals surface area (Å²) in [6, 6.07) is 23.1. The van der Waals surface area contributed by atoms with Crippen molar-refractivity contribution < 1.29 is 57.7 Å². The topological polar surface area (TPSA) is 50.9 Å². The van der Waals surface area contributed by atoms with E-state index in [4.69, 9.17) is 38.8 Å². The number of rotatable bonds is 5. The number of para-hydroxylation sites is 2. The van der Waals surface area contributed by atoms with Gasteiger partial charge in [0, 0.05) is 67.3 Å². The second kappa shape index (κ2) is 17.4. The van der Waals surface area contributed by atoms with Crippen molar-refractivity contribution in [2.24, 2.45) is 0 Å². The van der Waals surface area contributed by atoms with Crippen LogP contribution in [-0.2, 0) is 53.6 Å². The average molecular weight is 1080 g/mol. The minimum atomic E-state index is -4.46. The molecule has 0 amide bonds. The molecule has 0 aliphatic rings. The summed E-state index contributed by atoms with van der Waals surface area (Å²) in [6.07, 6.45) is 1.30. The van der Waals surface area contributed by atoms with E-state index in [1.165, 1.54) is 10.8 Å². The van der Waals surface area contributed by atoms with Crippen LogP contribution in [0.25, 0.3) is 61.6 Å². The van der Waals surface area contributed by atoms with Crippen LogP contribution in [0.2, 0.25) is 0 Å². The number of nitrogens with zero attached hydrogens (tertiary/aromatic N) is 3. The summed E-state index contributed by atoms with van der Waals surface area (Å²) in [4.78, 5) is 9.86. The van der Waals surface area contributed by atoms with Crippen LogP contribution >= 0.6 is 0 Å². The number of imidazole rings is 1. The van der Waals surface area contributed by atoms with Gasteiger partial charge in [-0.1, -0.05) is 202 Å². The normalized spacial score (nSPS) is 19.5. The molecule has 0 aliphatic heterocycles. The molecule has 66 heavy (non-hydrogen) atoms. The molecule has 2 heterocycles. The van der Waals surface area contributed by atoms with Gasteiger partial charge in [-0.05, 0) is 90.4 Å². The molecule has 0 atom stereocenters. The van der Waals surface area contributed by atoms with Crippen molar-refractivity contribution in [3.05, 3.63) is 142 Å². The molecule has 2 aromatic heterocycles. The van der Waals surface area contributed by atoms with E-state index >= 15 is 0 Å². The fourth-order valence-corrected chi connectivity index (χ4v) is 8.13. The van der Waals surface area contributed by atoms with E-state index in [1.54, 1.807) is 42.5 Å². The minimum Gasteiger partial charge on any atom is -0.507 e. The number of aromatic hydroxyl groups is 1. The van der Waals surface area contributed by atoms with Crippen molar-refractivity contribution in [1.29, 1.82) is 0 Å². The Bertz CT molecular complexity index is 3650. The van der Waals surface area contributed by atoms with Crippen LogP contribution in [0.3, 0.4) is 0 Å². The maximum absolute atomic E-state index is 13.3. The molecular formula is C61H74N3OPt-. The first-order valence-electron chi connectivity index (χ1n) is 33.2. The third kappa shape index (κ3) is 9.92. The second-order valence-corrected chi connectivity index (χ2v) is 21.3. The number of benzene rings is 5. The first kappa shape index (κ1) is 27.9. The summed E-state index contributed by atoms with van der Waals surface area (Å²) in [7, 11) is 0. The van der Waals surface area contributed by atoms with Crippen LogP contribution < -0.4 is 0 Å². The number of aryl methyl sites for hydroxylation is 1. The van der Waals surface area contributed by atoms with E-state index in [2.05, 4.69) is 26.8 Å². The molecule has 0 bridgehead atoms. The minimum absolute atomic E-state index is 0. The second-order valence-electron chi connectivity index (χ2n) is 21.3. The number of phenolic OH excluding ortho intramolecular Hbond substituents is 1.